The minimum atomic E-state index is -0.767. The molecule has 1 unspecified atom stereocenters. The lowest BCUT2D eigenvalue weighted by Gasteiger charge is -2.18. The summed E-state index contributed by atoms with van der Waals surface area (Å²) in [5.41, 5.74) is 0. The fourth-order valence-electron chi connectivity index (χ4n) is 7.71. The number of carbonyl (C=O) groups is 3. The number of unbranched alkanes of at least 4 members (excludes halogenated alkanes) is 33. The highest BCUT2D eigenvalue weighted by atomic mass is 16.6. The molecule has 60 heavy (non-hydrogen) atoms. The number of ether oxygens (including phenoxy) is 3. The smallest absolute Gasteiger partial charge is 0.306 e. The van der Waals surface area contributed by atoms with Crippen molar-refractivity contribution in [1.82, 2.24) is 0 Å². The van der Waals surface area contributed by atoms with Crippen LogP contribution in [0.25, 0.3) is 0 Å². The third-order valence-corrected chi connectivity index (χ3v) is 11.7. The van der Waals surface area contributed by atoms with Gasteiger partial charge in [0.2, 0.25) is 0 Å². The van der Waals surface area contributed by atoms with E-state index in [1.165, 1.54) is 173 Å². The molecule has 1 atom stereocenters. The second kappa shape index (κ2) is 49.5. The first kappa shape index (κ1) is 57.9. The van der Waals surface area contributed by atoms with Crippen LogP contribution in [0.5, 0.6) is 0 Å². The summed E-state index contributed by atoms with van der Waals surface area (Å²) in [5, 5.41) is 0. The highest BCUT2D eigenvalue weighted by molar-refractivity contribution is 5.71. The van der Waals surface area contributed by atoms with Crippen LogP contribution >= 0.6 is 0 Å². The molecule has 0 rings (SSSR count). The molecule has 0 aliphatic rings. The lowest BCUT2D eigenvalue weighted by Crippen LogP contribution is -2.30. The van der Waals surface area contributed by atoms with Crippen LogP contribution in [-0.2, 0) is 28.6 Å². The highest BCUT2D eigenvalue weighted by Crippen LogP contribution is 2.16. The van der Waals surface area contributed by atoms with Crippen molar-refractivity contribution in [2.24, 2.45) is 0 Å². The molecular weight excluding hydrogens is 745 g/mol. The van der Waals surface area contributed by atoms with Gasteiger partial charge in [0, 0.05) is 19.3 Å². The minimum Gasteiger partial charge on any atom is -0.462 e. The molecule has 0 radical (unpaired) electrons. The van der Waals surface area contributed by atoms with Gasteiger partial charge in [-0.3, -0.25) is 14.4 Å². The quantitative estimate of drug-likeness (QED) is 0.0263. The van der Waals surface area contributed by atoms with Crippen molar-refractivity contribution < 1.29 is 28.6 Å². The Hall–Kier alpha value is -2.11. The SMILES string of the molecule is CCCCCC/C=C\C/C=C\CCCCCCCCCC(=O)OCC(COC(=O)CCCCCCCCCCCCCC)OC(=O)CCCCCCCCCCCCCC. The second-order valence-electron chi connectivity index (χ2n) is 17.8. The molecule has 0 saturated heterocycles. The van der Waals surface area contributed by atoms with Gasteiger partial charge in [-0.05, 0) is 51.4 Å². The minimum absolute atomic E-state index is 0.0689. The van der Waals surface area contributed by atoms with Crippen molar-refractivity contribution in [3.63, 3.8) is 0 Å². The Kier molecular flexibility index (Phi) is 47.8. The largest absolute Gasteiger partial charge is 0.462 e. The molecule has 0 aliphatic carbocycles. The Bertz CT molecular complexity index is 973. The van der Waals surface area contributed by atoms with E-state index in [1.807, 2.05) is 0 Å². The van der Waals surface area contributed by atoms with Crippen LogP contribution in [0.1, 0.15) is 284 Å². The van der Waals surface area contributed by atoms with Crippen LogP contribution in [0, 0.1) is 0 Å². The van der Waals surface area contributed by atoms with Gasteiger partial charge in [0.15, 0.2) is 6.10 Å². The summed E-state index contributed by atoms with van der Waals surface area (Å²) < 4.78 is 16.8. The first-order valence-corrected chi connectivity index (χ1v) is 26.3. The Morgan fingerprint density at radius 1 is 0.333 bits per heavy atom. The summed E-state index contributed by atoms with van der Waals surface area (Å²) in [6.07, 6.45) is 55.8. The van der Waals surface area contributed by atoms with Crippen LogP contribution in [0.2, 0.25) is 0 Å². The Morgan fingerprint density at radius 3 is 0.933 bits per heavy atom. The summed E-state index contributed by atoms with van der Waals surface area (Å²) in [4.78, 5) is 37.9. The Balaban J connectivity index is 4.31. The van der Waals surface area contributed by atoms with Crippen molar-refractivity contribution in [1.29, 1.82) is 0 Å². The molecule has 0 aromatic heterocycles. The standard InChI is InChI=1S/C54H100O6/c1-4-7-10-13-16-19-22-25-26-27-28-29-30-33-35-38-41-44-47-53(56)59-50-51(60-54(57)48-45-42-39-36-32-24-21-18-15-12-9-6-3)49-58-52(55)46-43-40-37-34-31-23-20-17-14-11-8-5-2/h19,22,26-27,51H,4-18,20-21,23-25,28-50H2,1-3H3/b22-19-,27-26-. The zero-order valence-corrected chi connectivity index (χ0v) is 40.2. The van der Waals surface area contributed by atoms with E-state index in [0.717, 1.165) is 70.6 Å². The van der Waals surface area contributed by atoms with Gasteiger partial charge in [-0.15, -0.1) is 0 Å². The fourth-order valence-corrected chi connectivity index (χ4v) is 7.71. The van der Waals surface area contributed by atoms with Crippen LogP contribution in [0.4, 0.5) is 0 Å². The van der Waals surface area contributed by atoms with Crippen molar-refractivity contribution >= 4 is 17.9 Å². The molecule has 0 fully saturated rings. The van der Waals surface area contributed by atoms with Crippen molar-refractivity contribution in [2.45, 2.75) is 290 Å². The molecule has 352 valence electrons. The van der Waals surface area contributed by atoms with Crippen molar-refractivity contribution in [3.8, 4) is 0 Å². The maximum atomic E-state index is 12.8. The van der Waals surface area contributed by atoms with Gasteiger partial charge in [-0.25, -0.2) is 0 Å². The van der Waals surface area contributed by atoms with E-state index in [9.17, 15) is 14.4 Å². The predicted octanol–water partition coefficient (Wildman–Crippen LogP) is 17.2. The number of allylic oxidation sites excluding steroid dienone is 4. The van der Waals surface area contributed by atoms with Crippen LogP contribution in [0.3, 0.4) is 0 Å². The topological polar surface area (TPSA) is 78.9 Å². The normalized spacial score (nSPS) is 12.1. The van der Waals surface area contributed by atoms with Gasteiger partial charge >= 0.3 is 17.9 Å². The van der Waals surface area contributed by atoms with Crippen LogP contribution < -0.4 is 0 Å². The monoisotopic (exact) mass is 845 g/mol. The molecular formula is C54H100O6. The average molecular weight is 845 g/mol. The third-order valence-electron chi connectivity index (χ3n) is 11.7. The van der Waals surface area contributed by atoms with Gasteiger partial charge in [0.05, 0.1) is 0 Å². The number of rotatable bonds is 48. The number of hydrogen-bond acceptors (Lipinski definition) is 6. The molecule has 0 bridgehead atoms. The molecule has 6 nitrogen and oxygen atoms in total. The van der Waals surface area contributed by atoms with Crippen LogP contribution in [-0.4, -0.2) is 37.2 Å². The molecule has 6 heteroatoms. The average Bonchev–Trinajstić information content (AvgIpc) is 3.24. The van der Waals surface area contributed by atoms with Crippen molar-refractivity contribution in [2.75, 3.05) is 13.2 Å². The van der Waals surface area contributed by atoms with Crippen LogP contribution in [0.15, 0.2) is 24.3 Å². The van der Waals surface area contributed by atoms with Crippen molar-refractivity contribution in [3.05, 3.63) is 24.3 Å². The number of carbonyl (C=O) groups excluding carboxylic acids is 3. The Labute approximate surface area is 373 Å². The third kappa shape index (κ3) is 46.9. The first-order valence-electron chi connectivity index (χ1n) is 26.3. The van der Waals surface area contributed by atoms with E-state index in [1.54, 1.807) is 0 Å². The van der Waals surface area contributed by atoms with E-state index < -0.39 is 6.10 Å². The predicted molar refractivity (Wildman–Crippen MR) is 256 cm³/mol. The lowest BCUT2D eigenvalue weighted by atomic mass is 10.0. The molecule has 0 N–H and O–H groups in total. The summed E-state index contributed by atoms with van der Waals surface area (Å²) >= 11 is 0. The molecule has 0 saturated carbocycles. The summed E-state index contributed by atoms with van der Waals surface area (Å²) in [7, 11) is 0. The van der Waals surface area contributed by atoms with E-state index in [0.29, 0.717) is 19.3 Å². The van der Waals surface area contributed by atoms with Gasteiger partial charge in [0.1, 0.15) is 13.2 Å². The van der Waals surface area contributed by atoms with E-state index in [2.05, 4.69) is 45.1 Å². The molecule has 0 heterocycles. The molecule has 0 amide bonds. The number of hydrogen-bond donors (Lipinski definition) is 0. The highest BCUT2D eigenvalue weighted by Gasteiger charge is 2.19. The molecule has 0 spiro atoms. The molecule has 0 aromatic carbocycles. The first-order chi connectivity index (χ1) is 29.5. The van der Waals surface area contributed by atoms with Gasteiger partial charge in [0.25, 0.3) is 0 Å². The van der Waals surface area contributed by atoms with E-state index >= 15 is 0 Å². The summed E-state index contributed by atoms with van der Waals surface area (Å²) in [6, 6.07) is 0. The van der Waals surface area contributed by atoms with Gasteiger partial charge in [-0.2, -0.15) is 0 Å². The zero-order valence-electron chi connectivity index (χ0n) is 40.2. The van der Waals surface area contributed by atoms with Gasteiger partial charge in [-0.1, -0.05) is 238 Å². The molecule has 0 aliphatic heterocycles. The van der Waals surface area contributed by atoms with Gasteiger partial charge < -0.3 is 14.2 Å². The van der Waals surface area contributed by atoms with E-state index in [4.69, 9.17) is 14.2 Å². The Morgan fingerprint density at radius 2 is 0.600 bits per heavy atom. The maximum absolute atomic E-state index is 12.8. The molecule has 0 aromatic rings. The maximum Gasteiger partial charge on any atom is 0.306 e. The number of esters is 3. The summed E-state index contributed by atoms with van der Waals surface area (Å²) in [6.45, 7) is 6.64. The fraction of sp³-hybridized carbons (Fsp3) is 0.870. The zero-order chi connectivity index (χ0) is 43.7. The lowest BCUT2D eigenvalue weighted by molar-refractivity contribution is -0.167. The summed E-state index contributed by atoms with van der Waals surface area (Å²) in [5.74, 6) is -0.863. The van der Waals surface area contributed by atoms with E-state index in [-0.39, 0.29) is 31.1 Å². The second-order valence-corrected chi connectivity index (χ2v) is 17.8.